The molecule has 2 heterocycles. The molecule has 1 aromatic carbocycles. The summed E-state index contributed by atoms with van der Waals surface area (Å²) in [6, 6.07) is 5.97. The van der Waals surface area contributed by atoms with Crippen LogP contribution in [0, 0.1) is 4.64 Å². The number of imidazole rings is 1. The minimum atomic E-state index is -0.740. The van der Waals surface area contributed by atoms with Gasteiger partial charge in [-0.3, -0.25) is 4.98 Å². The number of benzene rings is 1. The van der Waals surface area contributed by atoms with Crippen LogP contribution in [0.25, 0.3) is 11.2 Å². The molecular formula is C12H8N4O3S. The molecule has 0 amide bonds. The third kappa shape index (κ3) is 2.12. The number of carbonyl (C=O) groups is 1. The van der Waals surface area contributed by atoms with Gasteiger partial charge >= 0.3 is 12.0 Å². The summed E-state index contributed by atoms with van der Waals surface area (Å²) >= 11 is 5.05. The van der Waals surface area contributed by atoms with Crippen LogP contribution in [-0.2, 0) is 0 Å². The Hall–Kier alpha value is -2.74. The standard InChI is InChI=1S/C12H8N4O3S/c17-7-4-2-1-3-6(7)11(18)19-12-15-9-8(10(20)16-12)13-5-14-9/h1-5,17H,(H2,13,14,15,16,20). The van der Waals surface area contributed by atoms with Gasteiger partial charge in [-0.15, -0.1) is 0 Å². The topological polar surface area (TPSA) is 104 Å². The minimum absolute atomic E-state index is 0.0377. The average molecular weight is 288 g/mol. The Kier molecular flexibility index (Phi) is 2.92. The molecule has 0 radical (unpaired) electrons. The number of ether oxygens (including phenoxy) is 1. The molecule has 0 aliphatic rings. The number of aromatic nitrogens is 4. The van der Waals surface area contributed by atoms with Gasteiger partial charge in [0.25, 0.3) is 0 Å². The summed E-state index contributed by atoms with van der Waals surface area (Å²) in [6.07, 6.45) is 1.45. The Morgan fingerprint density at radius 1 is 1.35 bits per heavy atom. The van der Waals surface area contributed by atoms with Crippen molar-refractivity contribution in [3.8, 4) is 11.8 Å². The van der Waals surface area contributed by atoms with Crippen LogP contribution in [0.5, 0.6) is 11.8 Å². The lowest BCUT2D eigenvalue weighted by Crippen LogP contribution is -2.11. The molecule has 8 heteroatoms. The highest BCUT2D eigenvalue weighted by Gasteiger charge is 2.14. The monoisotopic (exact) mass is 288 g/mol. The molecule has 0 bridgehead atoms. The Morgan fingerprint density at radius 2 is 2.15 bits per heavy atom. The van der Waals surface area contributed by atoms with Crippen LogP contribution in [0.2, 0.25) is 0 Å². The molecule has 7 nitrogen and oxygen atoms in total. The molecule has 0 atom stereocenters. The van der Waals surface area contributed by atoms with Crippen molar-refractivity contribution in [1.82, 2.24) is 19.9 Å². The summed E-state index contributed by atoms with van der Waals surface area (Å²) in [7, 11) is 0. The van der Waals surface area contributed by atoms with Crippen LogP contribution in [0.3, 0.4) is 0 Å². The summed E-state index contributed by atoms with van der Waals surface area (Å²) in [4.78, 5) is 25.4. The van der Waals surface area contributed by atoms with Crippen LogP contribution >= 0.6 is 12.2 Å². The highest BCUT2D eigenvalue weighted by molar-refractivity contribution is 7.71. The fourth-order valence-electron chi connectivity index (χ4n) is 1.67. The molecule has 20 heavy (non-hydrogen) atoms. The number of rotatable bonds is 2. The number of hydrogen-bond donors (Lipinski definition) is 3. The van der Waals surface area contributed by atoms with Crippen molar-refractivity contribution in [2.75, 3.05) is 0 Å². The number of carbonyl (C=O) groups excluding carboxylic acids is 1. The molecule has 0 saturated heterocycles. The van der Waals surface area contributed by atoms with Crippen LogP contribution in [-0.4, -0.2) is 31.0 Å². The lowest BCUT2D eigenvalue weighted by Gasteiger charge is -2.04. The predicted octanol–water partition coefficient (Wildman–Crippen LogP) is 1.94. The van der Waals surface area contributed by atoms with Gasteiger partial charge in [0.05, 0.1) is 6.33 Å². The van der Waals surface area contributed by atoms with E-state index in [9.17, 15) is 9.90 Å². The van der Waals surface area contributed by atoms with E-state index in [0.29, 0.717) is 11.2 Å². The predicted molar refractivity (Wildman–Crippen MR) is 72.1 cm³/mol. The largest absolute Gasteiger partial charge is 0.507 e. The molecule has 100 valence electrons. The van der Waals surface area contributed by atoms with Crippen molar-refractivity contribution < 1.29 is 14.6 Å². The SMILES string of the molecule is O=C(Oc1nc(=S)c2[nH]cnc2[nH]1)c1ccccc1O. The molecule has 0 fully saturated rings. The van der Waals surface area contributed by atoms with Crippen LogP contribution < -0.4 is 4.74 Å². The molecule has 3 N–H and O–H groups in total. The quantitative estimate of drug-likeness (QED) is 0.492. The van der Waals surface area contributed by atoms with Crippen molar-refractivity contribution in [2.24, 2.45) is 0 Å². The fraction of sp³-hybridized carbons (Fsp3) is 0. The number of para-hydroxylation sites is 1. The first-order valence-corrected chi connectivity index (χ1v) is 5.99. The molecule has 3 rings (SSSR count). The number of nitrogens with zero attached hydrogens (tertiary/aromatic N) is 2. The maximum absolute atomic E-state index is 11.9. The Balaban J connectivity index is 1.95. The lowest BCUT2D eigenvalue weighted by molar-refractivity contribution is 0.0717. The van der Waals surface area contributed by atoms with Gasteiger partial charge in [0.1, 0.15) is 16.8 Å². The van der Waals surface area contributed by atoms with Gasteiger partial charge in [-0.2, -0.15) is 4.98 Å². The Morgan fingerprint density at radius 3 is 2.95 bits per heavy atom. The third-order valence-corrected chi connectivity index (χ3v) is 2.89. The van der Waals surface area contributed by atoms with Gasteiger partial charge in [-0.05, 0) is 12.1 Å². The molecule has 0 spiro atoms. The van der Waals surface area contributed by atoms with Gasteiger partial charge in [0, 0.05) is 0 Å². The van der Waals surface area contributed by atoms with Crippen LogP contribution in [0.4, 0.5) is 0 Å². The number of fused-ring (bicyclic) bond motifs is 1. The zero-order valence-corrected chi connectivity index (χ0v) is 10.8. The molecule has 2 aromatic heterocycles. The Labute approximate surface area is 117 Å². The zero-order chi connectivity index (χ0) is 14.1. The van der Waals surface area contributed by atoms with Crippen molar-refractivity contribution in [2.45, 2.75) is 0 Å². The maximum Gasteiger partial charge on any atom is 0.349 e. The number of phenols is 1. The lowest BCUT2D eigenvalue weighted by atomic mass is 10.2. The van der Waals surface area contributed by atoms with E-state index < -0.39 is 5.97 Å². The average Bonchev–Trinajstić information content (AvgIpc) is 2.88. The summed E-state index contributed by atoms with van der Waals surface area (Å²) in [5, 5.41) is 9.58. The first kappa shape index (κ1) is 12.3. The van der Waals surface area contributed by atoms with E-state index in [1.807, 2.05) is 0 Å². The van der Waals surface area contributed by atoms with E-state index >= 15 is 0 Å². The van der Waals surface area contributed by atoms with Gasteiger partial charge in [0.15, 0.2) is 10.3 Å². The van der Waals surface area contributed by atoms with E-state index in [1.165, 1.54) is 18.5 Å². The number of phenolic OH excluding ortho intramolecular Hbond substituents is 1. The molecule has 0 saturated carbocycles. The molecule has 0 unspecified atom stereocenters. The Bertz CT molecular complexity index is 855. The smallest absolute Gasteiger partial charge is 0.349 e. The van der Waals surface area contributed by atoms with Crippen molar-refractivity contribution in [3.63, 3.8) is 0 Å². The second-order valence-corrected chi connectivity index (χ2v) is 4.27. The highest BCUT2D eigenvalue weighted by Crippen LogP contribution is 2.18. The minimum Gasteiger partial charge on any atom is -0.507 e. The second-order valence-electron chi connectivity index (χ2n) is 3.88. The molecule has 0 aliphatic carbocycles. The fourth-order valence-corrected chi connectivity index (χ4v) is 1.91. The summed E-state index contributed by atoms with van der Waals surface area (Å²) in [5.74, 6) is -0.909. The van der Waals surface area contributed by atoms with Crippen molar-refractivity contribution >= 4 is 29.4 Å². The van der Waals surface area contributed by atoms with E-state index in [4.69, 9.17) is 17.0 Å². The zero-order valence-electron chi connectivity index (χ0n) is 9.95. The third-order valence-electron chi connectivity index (χ3n) is 2.59. The molecular weight excluding hydrogens is 280 g/mol. The first-order chi connectivity index (χ1) is 9.65. The number of hydrogen-bond acceptors (Lipinski definition) is 6. The normalized spacial score (nSPS) is 10.6. The van der Waals surface area contributed by atoms with Crippen LogP contribution in [0.1, 0.15) is 10.4 Å². The van der Waals surface area contributed by atoms with E-state index in [0.717, 1.165) is 0 Å². The number of nitrogens with one attached hydrogen (secondary N) is 2. The molecule has 3 aromatic rings. The second kappa shape index (κ2) is 4.74. The first-order valence-electron chi connectivity index (χ1n) is 5.59. The highest BCUT2D eigenvalue weighted by atomic mass is 32.1. The van der Waals surface area contributed by atoms with Gasteiger partial charge in [-0.1, -0.05) is 24.4 Å². The van der Waals surface area contributed by atoms with E-state index in [1.54, 1.807) is 12.1 Å². The molecule has 0 aliphatic heterocycles. The van der Waals surface area contributed by atoms with E-state index in [-0.39, 0.29) is 22.0 Å². The summed E-state index contributed by atoms with van der Waals surface area (Å²) in [6.45, 7) is 0. The van der Waals surface area contributed by atoms with E-state index in [2.05, 4.69) is 19.9 Å². The maximum atomic E-state index is 11.9. The van der Waals surface area contributed by atoms with Crippen LogP contribution in [0.15, 0.2) is 30.6 Å². The van der Waals surface area contributed by atoms with Gasteiger partial charge in [0.2, 0.25) is 0 Å². The van der Waals surface area contributed by atoms with Gasteiger partial charge in [-0.25, -0.2) is 9.78 Å². The number of aromatic amines is 2. The number of esters is 1. The number of H-pyrrole nitrogens is 2. The van der Waals surface area contributed by atoms with Gasteiger partial charge < -0.3 is 14.8 Å². The summed E-state index contributed by atoms with van der Waals surface area (Å²) in [5.41, 5.74) is 1.03. The number of aromatic hydroxyl groups is 1. The summed E-state index contributed by atoms with van der Waals surface area (Å²) < 4.78 is 5.29. The van der Waals surface area contributed by atoms with Crippen molar-refractivity contribution in [1.29, 1.82) is 0 Å². The van der Waals surface area contributed by atoms with Crippen molar-refractivity contribution in [3.05, 3.63) is 40.8 Å².